The summed E-state index contributed by atoms with van der Waals surface area (Å²) in [6.07, 6.45) is 3.41. The number of hydroxylamine groups is 2. The Balaban J connectivity index is 2.28. The fourth-order valence-corrected chi connectivity index (χ4v) is 4.88. The standard InChI is InChI=1S/C13H29NO4Si/c1-4-16-19(17-5-2,18-6-3)13-9-12-15-14-10-7-8-11-14/h4-13H2,1-3H3. The van der Waals surface area contributed by atoms with E-state index in [4.69, 9.17) is 18.1 Å². The number of rotatable bonds is 11. The smallest absolute Gasteiger partial charge is 0.374 e. The second-order valence-electron chi connectivity index (χ2n) is 4.55. The highest BCUT2D eigenvalue weighted by molar-refractivity contribution is 6.60. The third-order valence-corrected chi connectivity index (χ3v) is 6.21. The average Bonchev–Trinajstić information content (AvgIpc) is 2.89. The van der Waals surface area contributed by atoms with Crippen molar-refractivity contribution in [2.45, 2.75) is 46.1 Å². The molecule has 0 bridgehead atoms. The van der Waals surface area contributed by atoms with Gasteiger partial charge in [0.2, 0.25) is 0 Å². The molecular formula is C13H29NO4Si. The maximum absolute atomic E-state index is 5.81. The lowest BCUT2D eigenvalue weighted by atomic mass is 10.4. The molecule has 5 nitrogen and oxygen atoms in total. The fourth-order valence-electron chi connectivity index (χ4n) is 2.30. The molecule has 1 saturated heterocycles. The first-order chi connectivity index (χ1) is 9.26. The highest BCUT2D eigenvalue weighted by Crippen LogP contribution is 2.18. The van der Waals surface area contributed by atoms with E-state index in [2.05, 4.69) is 5.06 Å². The molecule has 0 aromatic heterocycles. The van der Waals surface area contributed by atoms with Crippen molar-refractivity contribution in [3.05, 3.63) is 0 Å². The van der Waals surface area contributed by atoms with Crippen molar-refractivity contribution in [2.24, 2.45) is 0 Å². The molecule has 0 aliphatic carbocycles. The largest absolute Gasteiger partial charge is 0.501 e. The number of hydrogen-bond donors (Lipinski definition) is 0. The topological polar surface area (TPSA) is 40.2 Å². The second-order valence-corrected chi connectivity index (χ2v) is 7.29. The maximum atomic E-state index is 5.81. The van der Waals surface area contributed by atoms with E-state index in [-0.39, 0.29) is 0 Å². The Hall–Kier alpha value is 0.0169. The van der Waals surface area contributed by atoms with E-state index in [1.165, 1.54) is 12.8 Å². The fraction of sp³-hybridized carbons (Fsp3) is 1.00. The number of hydrogen-bond acceptors (Lipinski definition) is 5. The molecule has 6 heteroatoms. The Morgan fingerprint density at radius 2 is 1.42 bits per heavy atom. The molecule has 0 atom stereocenters. The van der Waals surface area contributed by atoms with Gasteiger partial charge < -0.3 is 13.3 Å². The molecule has 0 amide bonds. The van der Waals surface area contributed by atoms with Gasteiger partial charge in [-0.25, -0.2) is 0 Å². The zero-order chi connectivity index (χ0) is 14.0. The molecule has 1 rings (SSSR count). The van der Waals surface area contributed by atoms with Crippen molar-refractivity contribution in [1.29, 1.82) is 0 Å². The second kappa shape index (κ2) is 9.85. The monoisotopic (exact) mass is 291 g/mol. The minimum Gasteiger partial charge on any atom is -0.374 e. The van der Waals surface area contributed by atoms with Crippen LogP contribution in [0.2, 0.25) is 6.04 Å². The Morgan fingerprint density at radius 1 is 0.895 bits per heavy atom. The van der Waals surface area contributed by atoms with Gasteiger partial charge in [0.25, 0.3) is 0 Å². The normalized spacial score (nSPS) is 17.2. The zero-order valence-electron chi connectivity index (χ0n) is 12.7. The van der Waals surface area contributed by atoms with Gasteiger partial charge in [-0.15, -0.1) is 0 Å². The maximum Gasteiger partial charge on any atom is 0.501 e. The van der Waals surface area contributed by atoms with Gasteiger partial charge in [-0.1, -0.05) is 0 Å². The highest BCUT2D eigenvalue weighted by atomic mass is 28.4. The first-order valence-electron chi connectivity index (χ1n) is 7.56. The van der Waals surface area contributed by atoms with Crippen molar-refractivity contribution >= 4 is 8.80 Å². The lowest BCUT2D eigenvalue weighted by Crippen LogP contribution is -2.46. The highest BCUT2D eigenvalue weighted by Gasteiger charge is 2.39. The average molecular weight is 291 g/mol. The van der Waals surface area contributed by atoms with E-state index in [0.717, 1.165) is 32.2 Å². The first-order valence-corrected chi connectivity index (χ1v) is 9.49. The van der Waals surface area contributed by atoms with E-state index in [1.807, 2.05) is 20.8 Å². The number of nitrogens with zero attached hydrogens (tertiary/aromatic N) is 1. The van der Waals surface area contributed by atoms with Crippen LogP contribution in [-0.4, -0.2) is 53.4 Å². The van der Waals surface area contributed by atoms with Crippen LogP contribution >= 0.6 is 0 Å². The van der Waals surface area contributed by atoms with Gasteiger partial charge in [-0.2, -0.15) is 5.06 Å². The quantitative estimate of drug-likeness (QED) is 0.432. The van der Waals surface area contributed by atoms with Crippen LogP contribution in [0.1, 0.15) is 40.0 Å². The van der Waals surface area contributed by atoms with Crippen LogP contribution in [0, 0.1) is 0 Å². The Labute approximate surface area is 118 Å². The van der Waals surface area contributed by atoms with E-state index in [1.54, 1.807) is 0 Å². The van der Waals surface area contributed by atoms with Gasteiger partial charge in [0.15, 0.2) is 0 Å². The summed E-state index contributed by atoms with van der Waals surface area (Å²) in [6, 6.07) is 0.830. The van der Waals surface area contributed by atoms with Gasteiger partial charge in [-0.05, 0) is 40.0 Å². The van der Waals surface area contributed by atoms with Crippen LogP contribution in [0.3, 0.4) is 0 Å². The van der Waals surface area contributed by atoms with E-state index < -0.39 is 8.80 Å². The van der Waals surface area contributed by atoms with Gasteiger partial charge >= 0.3 is 8.80 Å². The summed E-state index contributed by atoms with van der Waals surface area (Å²) in [5, 5.41) is 2.06. The van der Waals surface area contributed by atoms with Gasteiger partial charge in [0.1, 0.15) is 0 Å². The van der Waals surface area contributed by atoms with Crippen molar-refractivity contribution < 1.29 is 18.1 Å². The molecule has 1 fully saturated rings. The molecule has 0 aromatic carbocycles. The summed E-state index contributed by atoms with van der Waals surface area (Å²) in [6.45, 7) is 10.7. The van der Waals surface area contributed by atoms with Crippen molar-refractivity contribution in [3.8, 4) is 0 Å². The summed E-state index contributed by atoms with van der Waals surface area (Å²) in [4.78, 5) is 5.72. The van der Waals surface area contributed by atoms with Crippen LogP contribution < -0.4 is 0 Å². The van der Waals surface area contributed by atoms with Crippen LogP contribution in [0.15, 0.2) is 0 Å². The molecule has 19 heavy (non-hydrogen) atoms. The molecule has 0 spiro atoms. The molecule has 1 aliphatic heterocycles. The minimum absolute atomic E-state index is 0.638. The van der Waals surface area contributed by atoms with Crippen molar-refractivity contribution in [1.82, 2.24) is 5.06 Å². The molecule has 0 unspecified atom stereocenters. The van der Waals surface area contributed by atoms with Gasteiger partial charge in [0.05, 0.1) is 6.61 Å². The van der Waals surface area contributed by atoms with Crippen LogP contribution in [-0.2, 0) is 18.1 Å². The lowest BCUT2D eigenvalue weighted by molar-refractivity contribution is -0.143. The predicted molar refractivity (Wildman–Crippen MR) is 76.8 cm³/mol. The summed E-state index contributed by atoms with van der Waals surface area (Å²) >= 11 is 0. The van der Waals surface area contributed by atoms with Crippen molar-refractivity contribution in [3.63, 3.8) is 0 Å². The third kappa shape index (κ3) is 6.33. The zero-order valence-corrected chi connectivity index (χ0v) is 13.7. The Kier molecular flexibility index (Phi) is 8.85. The predicted octanol–water partition coefficient (Wildman–Crippen LogP) is 2.45. The van der Waals surface area contributed by atoms with Crippen LogP contribution in [0.25, 0.3) is 0 Å². The molecule has 0 radical (unpaired) electrons. The Bertz CT molecular complexity index is 208. The summed E-state index contributed by atoms with van der Waals surface area (Å²) in [5.74, 6) is 0. The van der Waals surface area contributed by atoms with Crippen LogP contribution in [0.4, 0.5) is 0 Å². The molecule has 114 valence electrons. The lowest BCUT2D eigenvalue weighted by Gasteiger charge is -2.28. The van der Waals surface area contributed by atoms with Crippen LogP contribution in [0.5, 0.6) is 0 Å². The SMILES string of the molecule is CCO[Si](CCCON1CCCC1)(OCC)OCC. The molecule has 0 aromatic rings. The van der Waals surface area contributed by atoms with Gasteiger partial charge in [0, 0.05) is 39.0 Å². The van der Waals surface area contributed by atoms with E-state index >= 15 is 0 Å². The third-order valence-electron chi connectivity index (χ3n) is 3.06. The van der Waals surface area contributed by atoms with E-state index in [0.29, 0.717) is 19.8 Å². The molecule has 0 saturated carbocycles. The van der Waals surface area contributed by atoms with Gasteiger partial charge in [-0.3, -0.25) is 4.84 Å². The summed E-state index contributed by atoms with van der Waals surface area (Å²) in [7, 11) is -2.47. The van der Waals surface area contributed by atoms with E-state index in [9.17, 15) is 0 Å². The molecule has 1 aliphatic rings. The first kappa shape index (κ1) is 17.1. The summed E-state index contributed by atoms with van der Waals surface area (Å²) < 4.78 is 17.4. The molecular weight excluding hydrogens is 262 g/mol. The molecule has 0 N–H and O–H groups in total. The summed E-state index contributed by atoms with van der Waals surface area (Å²) in [5.41, 5.74) is 0. The minimum atomic E-state index is -2.47. The van der Waals surface area contributed by atoms with Crippen molar-refractivity contribution in [2.75, 3.05) is 39.5 Å². The Morgan fingerprint density at radius 3 is 1.89 bits per heavy atom. The molecule has 1 heterocycles.